The second-order valence-corrected chi connectivity index (χ2v) is 10.3. The molecule has 5 nitrogen and oxygen atoms in total. The molecule has 2 amide bonds. The number of amides is 2. The van der Waals surface area contributed by atoms with Gasteiger partial charge in [-0.15, -0.1) is 0 Å². The van der Waals surface area contributed by atoms with E-state index in [1.165, 1.54) is 4.90 Å². The average Bonchev–Trinajstić information content (AvgIpc) is 3.34. The molecule has 0 radical (unpaired) electrons. The summed E-state index contributed by atoms with van der Waals surface area (Å²) < 4.78 is 5.40. The lowest BCUT2D eigenvalue weighted by Gasteiger charge is -2.28. The first-order valence-corrected chi connectivity index (χ1v) is 11.8. The van der Waals surface area contributed by atoms with Gasteiger partial charge in [-0.2, -0.15) is 0 Å². The number of halogens is 2. The van der Waals surface area contributed by atoms with Crippen LogP contribution in [0, 0.1) is 23.7 Å². The van der Waals surface area contributed by atoms with E-state index in [1.807, 2.05) is 30.3 Å². The van der Waals surface area contributed by atoms with E-state index in [4.69, 9.17) is 4.74 Å². The third-order valence-electron chi connectivity index (χ3n) is 6.50. The molecule has 3 aliphatic rings. The van der Waals surface area contributed by atoms with E-state index in [-0.39, 0.29) is 57.5 Å². The summed E-state index contributed by atoms with van der Waals surface area (Å²) in [7, 11) is 0. The Morgan fingerprint density at radius 1 is 0.900 bits per heavy atom. The Hall–Kier alpha value is -1.99. The highest BCUT2D eigenvalue weighted by Crippen LogP contribution is 2.60. The zero-order valence-electron chi connectivity index (χ0n) is 15.9. The Balaban J connectivity index is 1.30. The van der Waals surface area contributed by atoms with Crippen molar-refractivity contribution >= 4 is 55.3 Å². The maximum Gasteiger partial charge on any atom is 0.315 e. The fourth-order valence-corrected chi connectivity index (χ4v) is 7.07. The Morgan fingerprint density at radius 2 is 1.47 bits per heavy atom. The molecule has 0 unspecified atom stereocenters. The molecule has 30 heavy (non-hydrogen) atoms. The second kappa shape index (κ2) is 7.61. The summed E-state index contributed by atoms with van der Waals surface area (Å²) >= 11 is 7.40. The molecular weight excluding hydrogens is 514 g/mol. The van der Waals surface area contributed by atoms with Crippen LogP contribution in [0.25, 0.3) is 0 Å². The molecule has 3 fully saturated rings. The molecule has 2 aromatic carbocycles. The zero-order valence-corrected chi connectivity index (χ0v) is 19.1. The Bertz CT molecular complexity index is 978. The van der Waals surface area contributed by atoms with E-state index >= 15 is 0 Å². The highest BCUT2D eigenvalue weighted by molar-refractivity contribution is 9.12. The lowest BCUT2D eigenvalue weighted by atomic mass is 9.81. The van der Waals surface area contributed by atoms with Gasteiger partial charge in [-0.05, 0) is 48.1 Å². The van der Waals surface area contributed by atoms with Gasteiger partial charge in [0.15, 0.2) is 0 Å². The van der Waals surface area contributed by atoms with Crippen LogP contribution in [-0.2, 0) is 20.8 Å². The molecule has 2 bridgehead atoms. The van der Waals surface area contributed by atoms with Crippen LogP contribution in [-0.4, -0.2) is 27.4 Å². The summed E-state index contributed by atoms with van der Waals surface area (Å²) in [6.07, 6.45) is 1.09. The quantitative estimate of drug-likeness (QED) is 0.257. The topological polar surface area (TPSA) is 63.7 Å². The van der Waals surface area contributed by atoms with Gasteiger partial charge in [-0.3, -0.25) is 19.3 Å². The number of fused-ring (bicyclic) bond motifs is 5. The van der Waals surface area contributed by atoms with Crippen LogP contribution in [0.15, 0.2) is 54.6 Å². The minimum atomic E-state index is -0.361. The van der Waals surface area contributed by atoms with E-state index in [0.717, 1.165) is 12.0 Å². The fourth-order valence-electron chi connectivity index (χ4n) is 5.20. The van der Waals surface area contributed by atoms with Gasteiger partial charge < -0.3 is 4.74 Å². The van der Waals surface area contributed by atoms with Gasteiger partial charge in [0.1, 0.15) is 5.75 Å². The van der Waals surface area contributed by atoms with Gasteiger partial charge >= 0.3 is 5.97 Å². The van der Waals surface area contributed by atoms with Crippen molar-refractivity contribution < 1.29 is 19.1 Å². The molecule has 1 aliphatic heterocycles. The van der Waals surface area contributed by atoms with Crippen molar-refractivity contribution in [2.75, 3.05) is 4.90 Å². The largest absolute Gasteiger partial charge is 0.426 e. The van der Waals surface area contributed by atoms with Crippen molar-refractivity contribution in [2.45, 2.75) is 22.5 Å². The molecule has 1 heterocycles. The SMILES string of the molecule is O=C(Cc1ccccc1)Oc1ccc(N2C(=O)[C@H]3[C@@H]4C[C@H]([C@@H](Br)[C@H]4Br)[C@@H]3C2=O)cc1. The van der Waals surface area contributed by atoms with Gasteiger partial charge in [0.25, 0.3) is 0 Å². The first-order chi connectivity index (χ1) is 14.5. The van der Waals surface area contributed by atoms with Crippen molar-refractivity contribution in [1.82, 2.24) is 0 Å². The maximum atomic E-state index is 13.1. The van der Waals surface area contributed by atoms with Crippen LogP contribution in [0.5, 0.6) is 5.75 Å². The number of esters is 1. The third-order valence-corrected chi connectivity index (χ3v) is 9.71. The lowest BCUT2D eigenvalue weighted by molar-refractivity contribution is -0.133. The highest BCUT2D eigenvalue weighted by atomic mass is 79.9. The minimum absolute atomic E-state index is 0.116. The van der Waals surface area contributed by atoms with Crippen LogP contribution < -0.4 is 9.64 Å². The van der Waals surface area contributed by atoms with Crippen LogP contribution in [0.2, 0.25) is 0 Å². The first-order valence-electron chi connectivity index (χ1n) is 9.96. The number of hydrogen-bond donors (Lipinski definition) is 0. The lowest BCUT2D eigenvalue weighted by Crippen LogP contribution is -2.37. The number of ether oxygens (including phenoxy) is 1. The molecule has 5 rings (SSSR count). The number of carbonyl (C=O) groups excluding carboxylic acids is 3. The van der Waals surface area contributed by atoms with Crippen molar-refractivity contribution in [3.05, 3.63) is 60.2 Å². The van der Waals surface area contributed by atoms with Gasteiger partial charge in [0, 0.05) is 9.65 Å². The Labute approximate surface area is 191 Å². The number of carbonyl (C=O) groups is 3. The standard InChI is InChI=1S/C23H19Br2NO4/c24-20-15-11-16(21(20)25)19-18(15)22(28)26(23(19)29)13-6-8-14(9-7-13)30-17(27)10-12-4-2-1-3-5-12/h1-9,15-16,18-21H,10-11H2/t15-,16-,18-,19-,20-,21+/m0/s1. The van der Waals surface area contributed by atoms with Gasteiger partial charge in [-0.1, -0.05) is 62.2 Å². The van der Waals surface area contributed by atoms with Gasteiger partial charge in [0.05, 0.1) is 23.9 Å². The molecular formula is C23H19Br2NO4. The highest BCUT2D eigenvalue weighted by Gasteiger charge is 2.66. The summed E-state index contributed by atoms with van der Waals surface area (Å²) in [5.74, 6) is -0.327. The molecule has 2 aromatic rings. The number of hydrogen-bond acceptors (Lipinski definition) is 4. The minimum Gasteiger partial charge on any atom is -0.426 e. The summed E-state index contributed by atoms with van der Waals surface area (Å²) in [4.78, 5) is 40.1. The molecule has 0 spiro atoms. The van der Waals surface area contributed by atoms with Crippen molar-refractivity contribution in [3.63, 3.8) is 0 Å². The summed E-state index contributed by atoms with van der Waals surface area (Å²) in [6, 6.07) is 16.0. The van der Waals surface area contributed by atoms with Crippen LogP contribution >= 0.6 is 31.9 Å². The van der Waals surface area contributed by atoms with Crippen molar-refractivity contribution in [2.24, 2.45) is 23.7 Å². The van der Waals surface area contributed by atoms with E-state index in [0.29, 0.717) is 11.4 Å². The Morgan fingerprint density at radius 3 is 2.03 bits per heavy atom. The summed E-state index contributed by atoms with van der Waals surface area (Å²) in [5, 5.41) is 0. The van der Waals surface area contributed by atoms with E-state index in [9.17, 15) is 14.4 Å². The number of benzene rings is 2. The predicted octanol–water partition coefficient (Wildman–Crippen LogP) is 4.12. The summed E-state index contributed by atoms with van der Waals surface area (Å²) in [5.41, 5.74) is 1.41. The molecule has 6 atom stereocenters. The maximum absolute atomic E-state index is 13.1. The number of alkyl halides is 2. The predicted molar refractivity (Wildman–Crippen MR) is 119 cm³/mol. The first kappa shape index (κ1) is 19.9. The van der Waals surface area contributed by atoms with Gasteiger partial charge in [0.2, 0.25) is 11.8 Å². The summed E-state index contributed by atoms with van der Waals surface area (Å²) in [6.45, 7) is 0. The van der Waals surface area contributed by atoms with Crippen LogP contribution in [0.3, 0.4) is 0 Å². The fraction of sp³-hybridized carbons (Fsp3) is 0.348. The average molecular weight is 533 g/mol. The van der Waals surface area contributed by atoms with E-state index < -0.39 is 0 Å². The zero-order chi connectivity index (χ0) is 21.0. The molecule has 0 N–H and O–H groups in total. The van der Waals surface area contributed by atoms with Gasteiger partial charge in [-0.25, -0.2) is 0 Å². The normalized spacial score (nSPS) is 31.9. The molecule has 2 saturated carbocycles. The number of nitrogens with zero attached hydrogens (tertiary/aromatic N) is 1. The second-order valence-electron chi connectivity index (χ2n) is 8.15. The smallest absolute Gasteiger partial charge is 0.315 e. The molecule has 154 valence electrons. The van der Waals surface area contributed by atoms with E-state index in [1.54, 1.807) is 24.3 Å². The number of imide groups is 1. The van der Waals surface area contributed by atoms with Crippen molar-refractivity contribution in [3.8, 4) is 5.75 Å². The molecule has 1 saturated heterocycles. The Kier molecular flexibility index (Phi) is 5.06. The number of rotatable bonds is 4. The third kappa shape index (κ3) is 3.14. The van der Waals surface area contributed by atoms with Crippen molar-refractivity contribution in [1.29, 1.82) is 0 Å². The van der Waals surface area contributed by atoms with Crippen LogP contribution in [0.1, 0.15) is 12.0 Å². The van der Waals surface area contributed by atoms with Crippen LogP contribution in [0.4, 0.5) is 5.69 Å². The van der Waals surface area contributed by atoms with E-state index in [2.05, 4.69) is 31.9 Å². The number of anilines is 1. The monoisotopic (exact) mass is 531 g/mol. The molecule has 2 aliphatic carbocycles. The molecule has 7 heteroatoms. The molecule has 0 aromatic heterocycles.